The van der Waals surface area contributed by atoms with Crippen molar-refractivity contribution in [2.45, 2.75) is 20.4 Å². The summed E-state index contributed by atoms with van der Waals surface area (Å²) in [5.41, 5.74) is 8.05. The lowest BCUT2D eigenvalue weighted by atomic mass is 10.2. The zero-order chi connectivity index (χ0) is 22.7. The first-order chi connectivity index (χ1) is 15.4. The number of aryl methyl sites for hydroxylation is 1. The van der Waals surface area contributed by atoms with Gasteiger partial charge >= 0.3 is 0 Å². The van der Waals surface area contributed by atoms with E-state index in [9.17, 15) is 9.18 Å². The van der Waals surface area contributed by atoms with Crippen molar-refractivity contribution in [1.82, 2.24) is 14.5 Å². The first kappa shape index (κ1) is 21.0. The fourth-order valence-corrected chi connectivity index (χ4v) is 3.36. The van der Waals surface area contributed by atoms with Crippen molar-refractivity contribution in [1.29, 1.82) is 0 Å². The minimum Gasteiger partial charge on any atom is -0.454 e. The SMILES string of the molecule is Cc1nc(C(=O)Nc2ccc(Oc3ccnc(N)c3)c(F)c2)c(C)n1Cc1ccccc1. The van der Waals surface area contributed by atoms with Crippen LogP contribution in [0, 0.1) is 19.7 Å². The molecule has 32 heavy (non-hydrogen) atoms. The lowest BCUT2D eigenvalue weighted by molar-refractivity contribution is 0.102. The molecule has 3 N–H and O–H groups in total. The van der Waals surface area contributed by atoms with E-state index >= 15 is 0 Å². The zero-order valence-electron chi connectivity index (χ0n) is 17.7. The number of nitrogen functional groups attached to an aromatic ring is 1. The summed E-state index contributed by atoms with van der Waals surface area (Å²) >= 11 is 0. The molecule has 8 heteroatoms. The molecule has 4 rings (SSSR count). The molecule has 0 radical (unpaired) electrons. The second kappa shape index (κ2) is 8.89. The summed E-state index contributed by atoms with van der Waals surface area (Å²) in [6.07, 6.45) is 1.47. The standard InChI is InChI=1S/C24H22FN5O2/c1-15-23(28-16(2)30(15)14-17-6-4-3-5-7-17)24(31)29-18-8-9-21(20(25)12-18)32-19-10-11-27-22(26)13-19/h3-13H,14H2,1-2H3,(H2,26,27)(H,29,31). The number of anilines is 2. The lowest BCUT2D eigenvalue weighted by Crippen LogP contribution is -2.14. The van der Waals surface area contributed by atoms with Crippen LogP contribution in [0.15, 0.2) is 66.9 Å². The Hall–Kier alpha value is -4.20. The number of hydrogen-bond acceptors (Lipinski definition) is 5. The van der Waals surface area contributed by atoms with Gasteiger partial charge in [0.1, 0.15) is 23.1 Å². The molecule has 0 bridgehead atoms. The largest absolute Gasteiger partial charge is 0.454 e. The Labute approximate surface area is 184 Å². The number of nitrogens with two attached hydrogens (primary N) is 1. The number of carbonyl (C=O) groups excluding carboxylic acids is 1. The summed E-state index contributed by atoms with van der Waals surface area (Å²) in [5, 5.41) is 2.70. The number of amides is 1. The van der Waals surface area contributed by atoms with Crippen LogP contribution in [0.25, 0.3) is 0 Å². The number of halogens is 1. The number of rotatable bonds is 6. The van der Waals surface area contributed by atoms with Gasteiger partial charge in [0.05, 0.1) is 0 Å². The molecular formula is C24H22FN5O2. The number of nitrogens with zero attached hydrogens (tertiary/aromatic N) is 3. The Morgan fingerprint density at radius 3 is 2.62 bits per heavy atom. The van der Waals surface area contributed by atoms with Crippen LogP contribution in [0.2, 0.25) is 0 Å². The van der Waals surface area contributed by atoms with Crippen molar-refractivity contribution in [3.05, 3.63) is 95.5 Å². The molecule has 2 heterocycles. The van der Waals surface area contributed by atoms with Gasteiger partial charge in [0, 0.05) is 36.3 Å². The summed E-state index contributed by atoms with van der Waals surface area (Å²) < 4.78 is 22.0. The summed E-state index contributed by atoms with van der Waals surface area (Å²) in [4.78, 5) is 21.1. The van der Waals surface area contributed by atoms with E-state index in [-0.39, 0.29) is 11.6 Å². The van der Waals surface area contributed by atoms with Gasteiger partial charge in [0.25, 0.3) is 5.91 Å². The van der Waals surface area contributed by atoms with Crippen molar-refractivity contribution >= 4 is 17.4 Å². The number of carbonyl (C=O) groups is 1. The molecule has 0 saturated heterocycles. The molecule has 0 aliphatic rings. The predicted molar refractivity (Wildman–Crippen MR) is 120 cm³/mol. The highest BCUT2D eigenvalue weighted by Crippen LogP contribution is 2.27. The van der Waals surface area contributed by atoms with Gasteiger partial charge in [-0.25, -0.2) is 14.4 Å². The van der Waals surface area contributed by atoms with Crippen LogP contribution in [0.1, 0.15) is 27.6 Å². The van der Waals surface area contributed by atoms with Crippen LogP contribution in [-0.4, -0.2) is 20.4 Å². The van der Waals surface area contributed by atoms with Crippen molar-refractivity contribution in [3.8, 4) is 11.5 Å². The van der Waals surface area contributed by atoms with Crippen LogP contribution in [0.4, 0.5) is 15.9 Å². The molecule has 7 nitrogen and oxygen atoms in total. The monoisotopic (exact) mass is 431 g/mol. The topological polar surface area (TPSA) is 95.1 Å². The quantitative estimate of drug-likeness (QED) is 0.461. The molecule has 0 aliphatic carbocycles. The van der Waals surface area contributed by atoms with E-state index in [1.807, 2.05) is 48.7 Å². The average molecular weight is 431 g/mol. The van der Waals surface area contributed by atoms with Gasteiger partial charge < -0.3 is 20.4 Å². The lowest BCUT2D eigenvalue weighted by Gasteiger charge is -2.10. The molecule has 2 aromatic heterocycles. The zero-order valence-corrected chi connectivity index (χ0v) is 17.7. The number of ether oxygens (including phenoxy) is 1. The highest BCUT2D eigenvalue weighted by Gasteiger charge is 2.18. The Bertz CT molecular complexity index is 1270. The van der Waals surface area contributed by atoms with Crippen LogP contribution in [0.5, 0.6) is 11.5 Å². The molecular weight excluding hydrogens is 409 g/mol. The van der Waals surface area contributed by atoms with Crippen molar-refractivity contribution in [3.63, 3.8) is 0 Å². The molecule has 0 atom stereocenters. The molecule has 0 unspecified atom stereocenters. The van der Waals surface area contributed by atoms with Gasteiger partial charge in [-0.2, -0.15) is 0 Å². The number of benzene rings is 2. The Morgan fingerprint density at radius 2 is 1.91 bits per heavy atom. The van der Waals surface area contributed by atoms with Crippen molar-refractivity contribution < 1.29 is 13.9 Å². The number of nitrogens with one attached hydrogen (secondary N) is 1. The van der Waals surface area contributed by atoms with E-state index in [0.717, 1.165) is 17.1 Å². The van der Waals surface area contributed by atoms with E-state index in [1.54, 1.807) is 12.1 Å². The molecule has 0 aliphatic heterocycles. The molecule has 0 spiro atoms. The Balaban J connectivity index is 1.49. The van der Waals surface area contributed by atoms with E-state index < -0.39 is 11.7 Å². The van der Waals surface area contributed by atoms with Gasteiger partial charge in [-0.05, 0) is 37.6 Å². The minimum absolute atomic E-state index is 0.00719. The third kappa shape index (κ3) is 4.59. The number of imidazole rings is 1. The molecule has 0 fully saturated rings. The summed E-state index contributed by atoms with van der Waals surface area (Å²) in [6.45, 7) is 4.30. The molecule has 4 aromatic rings. The second-order valence-corrected chi connectivity index (χ2v) is 7.28. The van der Waals surface area contributed by atoms with E-state index in [1.165, 1.54) is 24.4 Å². The molecule has 162 valence electrons. The number of pyridine rings is 1. The normalized spacial score (nSPS) is 10.7. The third-order valence-corrected chi connectivity index (χ3v) is 4.98. The fraction of sp³-hybridized carbons (Fsp3) is 0.125. The molecule has 0 saturated carbocycles. The summed E-state index contributed by atoms with van der Waals surface area (Å²) in [7, 11) is 0. The minimum atomic E-state index is -0.624. The van der Waals surface area contributed by atoms with Crippen LogP contribution in [0.3, 0.4) is 0 Å². The second-order valence-electron chi connectivity index (χ2n) is 7.28. The van der Waals surface area contributed by atoms with Gasteiger partial charge in [-0.3, -0.25) is 4.79 Å². The van der Waals surface area contributed by atoms with Crippen LogP contribution >= 0.6 is 0 Å². The third-order valence-electron chi connectivity index (χ3n) is 4.98. The van der Waals surface area contributed by atoms with Gasteiger partial charge in [-0.15, -0.1) is 0 Å². The fourth-order valence-electron chi connectivity index (χ4n) is 3.36. The summed E-state index contributed by atoms with van der Waals surface area (Å²) in [5.74, 6) is 0.330. The van der Waals surface area contributed by atoms with Crippen LogP contribution < -0.4 is 15.8 Å². The average Bonchev–Trinajstić information content (AvgIpc) is 3.05. The van der Waals surface area contributed by atoms with Gasteiger partial charge in [-0.1, -0.05) is 30.3 Å². The highest BCUT2D eigenvalue weighted by atomic mass is 19.1. The predicted octanol–water partition coefficient (Wildman–Crippen LogP) is 4.71. The van der Waals surface area contributed by atoms with E-state index in [0.29, 0.717) is 23.7 Å². The molecule has 2 aromatic carbocycles. The summed E-state index contributed by atoms with van der Waals surface area (Å²) in [6, 6.07) is 17.2. The van der Waals surface area contributed by atoms with Crippen LogP contribution in [-0.2, 0) is 6.54 Å². The first-order valence-corrected chi connectivity index (χ1v) is 9.98. The highest BCUT2D eigenvalue weighted by molar-refractivity contribution is 6.03. The van der Waals surface area contributed by atoms with E-state index in [2.05, 4.69) is 15.3 Å². The maximum Gasteiger partial charge on any atom is 0.276 e. The smallest absolute Gasteiger partial charge is 0.276 e. The van der Waals surface area contributed by atoms with E-state index in [4.69, 9.17) is 10.5 Å². The first-order valence-electron chi connectivity index (χ1n) is 9.98. The maximum absolute atomic E-state index is 14.5. The maximum atomic E-state index is 14.5. The number of hydrogen-bond donors (Lipinski definition) is 2. The Morgan fingerprint density at radius 1 is 1.12 bits per heavy atom. The van der Waals surface area contributed by atoms with Crippen molar-refractivity contribution in [2.75, 3.05) is 11.1 Å². The molecule has 1 amide bonds. The number of aromatic nitrogens is 3. The van der Waals surface area contributed by atoms with Gasteiger partial charge in [0.2, 0.25) is 0 Å². The van der Waals surface area contributed by atoms with Gasteiger partial charge in [0.15, 0.2) is 11.6 Å². The Kier molecular flexibility index (Phi) is 5.85. The van der Waals surface area contributed by atoms with Crippen molar-refractivity contribution in [2.24, 2.45) is 0 Å².